The summed E-state index contributed by atoms with van der Waals surface area (Å²) in [5.41, 5.74) is 1.65. The third-order valence-corrected chi connectivity index (χ3v) is 7.28. The van der Waals surface area contributed by atoms with Crippen LogP contribution in [-0.2, 0) is 16.0 Å². The van der Waals surface area contributed by atoms with Crippen molar-refractivity contribution in [2.24, 2.45) is 5.92 Å². The van der Waals surface area contributed by atoms with Crippen molar-refractivity contribution in [3.8, 4) is 0 Å². The zero-order valence-corrected chi connectivity index (χ0v) is 16.4. The molecule has 1 aliphatic carbocycles. The molecular formula is C22H33N3O2. The second-order valence-corrected chi connectivity index (χ2v) is 9.00. The quantitative estimate of drug-likeness (QED) is 0.769. The van der Waals surface area contributed by atoms with E-state index in [2.05, 4.69) is 26.9 Å². The number of pyridine rings is 1. The van der Waals surface area contributed by atoms with Gasteiger partial charge in [-0.25, -0.2) is 0 Å². The lowest BCUT2D eigenvalue weighted by molar-refractivity contribution is -0.218. The van der Waals surface area contributed by atoms with E-state index >= 15 is 0 Å². The highest BCUT2D eigenvalue weighted by molar-refractivity contribution is 5.12. The largest absolute Gasteiger partial charge is 0.381 e. The van der Waals surface area contributed by atoms with E-state index in [0.717, 1.165) is 57.7 Å². The van der Waals surface area contributed by atoms with Gasteiger partial charge in [-0.2, -0.15) is 0 Å². The molecule has 0 radical (unpaired) electrons. The first-order valence-electron chi connectivity index (χ1n) is 10.9. The van der Waals surface area contributed by atoms with Crippen LogP contribution >= 0.6 is 0 Å². The first-order chi connectivity index (χ1) is 13.3. The predicted molar refractivity (Wildman–Crippen MR) is 104 cm³/mol. The molecule has 1 spiro atoms. The second-order valence-electron chi connectivity index (χ2n) is 9.00. The van der Waals surface area contributed by atoms with Crippen LogP contribution in [0.25, 0.3) is 0 Å². The van der Waals surface area contributed by atoms with Crippen LogP contribution in [0, 0.1) is 5.92 Å². The Hall–Kier alpha value is -1.01. The minimum Gasteiger partial charge on any atom is -0.381 e. The Kier molecular flexibility index (Phi) is 5.20. The predicted octanol–water partition coefficient (Wildman–Crippen LogP) is 2.71. The molecule has 27 heavy (non-hydrogen) atoms. The molecule has 0 bridgehead atoms. The van der Waals surface area contributed by atoms with Crippen molar-refractivity contribution in [1.29, 1.82) is 0 Å². The second kappa shape index (κ2) is 7.78. The summed E-state index contributed by atoms with van der Waals surface area (Å²) in [4.78, 5) is 9.55. The average Bonchev–Trinajstić information content (AvgIpc) is 3.54. The molecule has 1 atom stereocenters. The molecule has 1 aromatic heterocycles. The first kappa shape index (κ1) is 18.0. The van der Waals surface area contributed by atoms with Crippen molar-refractivity contribution in [2.45, 2.75) is 62.8 Å². The maximum absolute atomic E-state index is 6.40. The maximum atomic E-state index is 6.40. The molecule has 4 heterocycles. The number of hydrogen-bond donors (Lipinski definition) is 0. The molecule has 4 fully saturated rings. The van der Waals surface area contributed by atoms with Gasteiger partial charge in [-0.05, 0) is 75.2 Å². The topological polar surface area (TPSA) is 37.8 Å². The van der Waals surface area contributed by atoms with Crippen LogP contribution in [0.5, 0.6) is 0 Å². The van der Waals surface area contributed by atoms with Crippen molar-refractivity contribution in [3.05, 3.63) is 30.1 Å². The molecule has 1 aromatic rings. The summed E-state index contributed by atoms with van der Waals surface area (Å²) < 4.78 is 12.1. The van der Waals surface area contributed by atoms with E-state index in [0.29, 0.717) is 6.10 Å². The van der Waals surface area contributed by atoms with Gasteiger partial charge in [0.2, 0.25) is 0 Å². The Balaban J connectivity index is 1.17. The zero-order valence-electron chi connectivity index (χ0n) is 16.4. The highest BCUT2D eigenvalue weighted by Crippen LogP contribution is 2.45. The van der Waals surface area contributed by atoms with Gasteiger partial charge in [-0.1, -0.05) is 0 Å². The van der Waals surface area contributed by atoms with Gasteiger partial charge in [0, 0.05) is 51.3 Å². The van der Waals surface area contributed by atoms with Gasteiger partial charge in [-0.15, -0.1) is 0 Å². The van der Waals surface area contributed by atoms with Crippen LogP contribution in [-0.4, -0.2) is 71.9 Å². The van der Waals surface area contributed by atoms with E-state index in [4.69, 9.17) is 9.47 Å². The summed E-state index contributed by atoms with van der Waals surface area (Å²) in [6, 6.07) is 5.00. The Bertz CT molecular complexity index is 607. The fraction of sp³-hybridized carbons (Fsp3) is 0.773. The lowest BCUT2D eigenvalue weighted by Crippen LogP contribution is -2.76. The number of nitrogens with zero attached hydrogens (tertiary/aromatic N) is 3. The van der Waals surface area contributed by atoms with E-state index in [9.17, 15) is 0 Å². The van der Waals surface area contributed by atoms with Crippen LogP contribution in [0.3, 0.4) is 0 Å². The lowest BCUT2D eigenvalue weighted by Gasteiger charge is -2.63. The monoisotopic (exact) mass is 371 g/mol. The van der Waals surface area contributed by atoms with Crippen LogP contribution in [0.2, 0.25) is 0 Å². The third-order valence-electron chi connectivity index (χ3n) is 7.28. The molecule has 3 saturated heterocycles. The summed E-state index contributed by atoms with van der Waals surface area (Å²) in [6.45, 7) is 7.39. The van der Waals surface area contributed by atoms with E-state index in [-0.39, 0.29) is 5.54 Å². The van der Waals surface area contributed by atoms with E-state index in [1.54, 1.807) is 0 Å². The molecule has 148 valence electrons. The van der Waals surface area contributed by atoms with E-state index in [1.807, 2.05) is 12.4 Å². The zero-order chi connectivity index (χ0) is 18.1. The van der Waals surface area contributed by atoms with Crippen LogP contribution in [0.1, 0.15) is 44.1 Å². The van der Waals surface area contributed by atoms with Gasteiger partial charge in [0.15, 0.2) is 0 Å². The van der Waals surface area contributed by atoms with Gasteiger partial charge < -0.3 is 9.47 Å². The smallest absolute Gasteiger partial charge is 0.0887 e. The summed E-state index contributed by atoms with van der Waals surface area (Å²) in [7, 11) is 0. The molecule has 4 aliphatic rings. The average molecular weight is 372 g/mol. The SMILES string of the molecule is c1cc(CN2CCC(N3CC(OCC4CC4)C34CCOCC4)CC2)ccn1. The molecule has 3 aliphatic heterocycles. The molecule has 5 nitrogen and oxygen atoms in total. The molecule has 0 N–H and O–H groups in total. The van der Waals surface area contributed by atoms with Gasteiger partial charge in [0.1, 0.15) is 0 Å². The highest BCUT2D eigenvalue weighted by Gasteiger charge is 2.57. The normalized spacial score (nSPS) is 29.7. The number of hydrogen-bond acceptors (Lipinski definition) is 5. The Morgan fingerprint density at radius 1 is 1.07 bits per heavy atom. The summed E-state index contributed by atoms with van der Waals surface area (Å²) in [6.07, 6.45) is 11.9. The number of aromatic nitrogens is 1. The Morgan fingerprint density at radius 3 is 2.52 bits per heavy atom. The first-order valence-corrected chi connectivity index (χ1v) is 10.9. The third kappa shape index (κ3) is 3.80. The fourth-order valence-corrected chi connectivity index (χ4v) is 5.33. The molecule has 0 amide bonds. The number of ether oxygens (including phenoxy) is 2. The van der Waals surface area contributed by atoms with Gasteiger partial charge in [0.05, 0.1) is 11.6 Å². The van der Waals surface area contributed by atoms with Crippen molar-refractivity contribution in [2.75, 3.05) is 39.5 Å². The van der Waals surface area contributed by atoms with Gasteiger partial charge in [0.25, 0.3) is 0 Å². The van der Waals surface area contributed by atoms with Crippen LogP contribution < -0.4 is 0 Å². The van der Waals surface area contributed by atoms with Gasteiger partial charge in [-0.3, -0.25) is 14.8 Å². The molecular weight excluding hydrogens is 338 g/mol. The van der Waals surface area contributed by atoms with Crippen molar-refractivity contribution >= 4 is 0 Å². The standard InChI is InChI=1S/C22H33N3O2/c1-2-19(1)17-27-21-16-25(22(21)7-13-26-14-8-22)20-5-11-24(12-6-20)15-18-3-9-23-10-4-18/h3-4,9-10,19-21H,1-2,5-8,11-17H2. The van der Waals surface area contributed by atoms with Crippen molar-refractivity contribution in [3.63, 3.8) is 0 Å². The maximum Gasteiger partial charge on any atom is 0.0887 e. The van der Waals surface area contributed by atoms with Crippen LogP contribution in [0.15, 0.2) is 24.5 Å². The minimum atomic E-state index is 0.269. The minimum absolute atomic E-state index is 0.269. The Labute approximate surface area is 163 Å². The molecule has 0 aromatic carbocycles. The highest BCUT2D eigenvalue weighted by atomic mass is 16.5. The Morgan fingerprint density at radius 2 is 1.81 bits per heavy atom. The number of piperidine rings is 1. The summed E-state index contributed by atoms with van der Waals surface area (Å²) >= 11 is 0. The van der Waals surface area contributed by atoms with Gasteiger partial charge >= 0.3 is 0 Å². The van der Waals surface area contributed by atoms with Crippen molar-refractivity contribution < 1.29 is 9.47 Å². The van der Waals surface area contributed by atoms with E-state index < -0.39 is 0 Å². The molecule has 5 heteroatoms. The number of likely N-dealkylation sites (tertiary alicyclic amines) is 2. The van der Waals surface area contributed by atoms with E-state index in [1.165, 1.54) is 44.3 Å². The number of rotatable bonds is 6. The fourth-order valence-electron chi connectivity index (χ4n) is 5.33. The molecule has 1 unspecified atom stereocenters. The lowest BCUT2D eigenvalue weighted by atomic mass is 9.73. The van der Waals surface area contributed by atoms with Crippen molar-refractivity contribution in [1.82, 2.24) is 14.8 Å². The van der Waals surface area contributed by atoms with Crippen LogP contribution in [0.4, 0.5) is 0 Å². The summed E-state index contributed by atoms with van der Waals surface area (Å²) in [5.74, 6) is 0.854. The molecule has 1 saturated carbocycles. The summed E-state index contributed by atoms with van der Waals surface area (Å²) in [5, 5.41) is 0. The molecule has 5 rings (SSSR count).